The fraction of sp³-hybridized carbons (Fsp3) is 0.850. The van der Waals surface area contributed by atoms with E-state index >= 15 is 0 Å². The summed E-state index contributed by atoms with van der Waals surface area (Å²) < 4.78 is 5.66. The van der Waals surface area contributed by atoms with Crippen LogP contribution in [0.1, 0.15) is 47.0 Å². The highest BCUT2D eigenvalue weighted by Crippen LogP contribution is 2.63. The molecule has 3 N–H and O–H groups in total. The smallest absolute Gasteiger partial charge is 0.190 e. The molecule has 1 saturated heterocycles. The van der Waals surface area contributed by atoms with Gasteiger partial charge in [0.1, 0.15) is 11.2 Å². The zero-order chi connectivity index (χ0) is 18.4. The van der Waals surface area contributed by atoms with E-state index in [2.05, 4.69) is 13.8 Å². The summed E-state index contributed by atoms with van der Waals surface area (Å²) in [6.07, 6.45) is 1.86. The highest BCUT2D eigenvalue weighted by atomic mass is 16.6. The van der Waals surface area contributed by atoms with Crippen molar-refractivity contribution in [3.05, 3.63) is 11.6 Å². The molecule has 0 aromatic heterocycles. The zero-order valence-electron chi connectivity index (χ0n) is 15.5. The number of rotatable bonds is 0. The first kappa shape index (κ1) is 17.7. The van der Waals surface area contributed by atoms with E-state index in [1.807, 2.05) is 13.0 Å². The van der Waals surface area contributed by atoms with Gasteiger partial charge in [0.2, 0.25) is 0 Å². The molecule has 2 saturated carbocycles. The van der Waals surface area contributed by atoms with Gasteiger partial charge in [0.05, 0.1) is 24.7 Å². The summed E-state index contributed by atoms with van der Waals surface area (Å²) in [5.41, 5.74) is -1.76. The maximum Gasteiger partial charge on any atom is 0.190 e. The van der Waals surface area contributed by atoms with Gasteiger partial charge in [0.15, 0.2) is 5.78 Å². The fourth-order valence-corrected chi connectivity index (χ4v) is 5.71. The van der Waals surface area contributed by atoms with Crippen LogP contribution in [0.25, 0.3) is 0 Å². The second kappa shape index (κ2) is 5.16. The monoisotopic (exact) mass is 350 g/mol. The largest absolute Gasteiger partial charge is 0.392 e. The molecule has 0 aromatic carbocycles. The van der Waals surface area contributed by atoms with Crippen LogP contribution in [0, 0.1) is 29.1 Å². The van der Waals surface area contributed by atoms with Gasteiger partial charge in [-0.15, -0.1) is 0 Å². The molecule has 5 heteroatoms. The normalized spacial score (nSPS) is 56.4. The van der Waals surface area contributed by atoms with Gasteiger partial charge < -0.3 is 20.1 Å². The predicted octanol–water partition coefficient (Wildman–Crippen LogP) is 1.45. The van der Waals surface area contributed by atoms with Gasteiger partial charge in [0, 0.05) is 0 Å². The van der Waals surface area contributed by atoms with Crippen molar-refractivity contribution < 1.29 is 24.9 Å². The Morgan fingerprint density at radius 3 is 2.52 bits per heavy atom. The molecule has 1 aliphatic heterocycles. The van der Waals surface area contributed by atoms with E-state index in [-0.39, 0.29) is 23.5 Å². The zero-order valence-corrected chi connectivity index (χ0v) is 15.5. The molecule has 3 fully saturated rings. The van der Waals surface area contributed by atoms with E-state index in [0.717, 1.165) is 6.42 Å². The summed E-state index contributed by atoms with van der Waals surface area (Å²) in [5.74, 6) is -0.721. The van der Waals surface area contributed by atoms with Crippen LogP contribution in [-0.2, 0) is 9.53 Å². The number of allylic oxidation sites excluding steroid dienone is 1. The number of carbonyl (C=O) groups excluding carboxylic acids is 1. The highest BCUT2D eigenvalue weighted by molar-refractivity contribution is 6.02. The Balaban J connectivity index is 1.78. The molecule has 25 heavy (non-hydrogen) atoms. The molecule has 0 radical (unpaired) electrons. The molecule has 3 unspecified atom stereocenters. The molecule has 140 valence electrons. The van der Waals surface area contributed by atoms with Gasteiger partial charge in [-0.3, -0.25) is 4.79 Å². The third-order valence-electron chi connectivity index (χ3n) is 7.73. The maximum absolute atomic E-state index is 13.1. The number of aliphatic hydroxyl groups is 3. The van der Waals surface area contributed by atoms with Crippen molar-refractivity contribution in [2.24, 2.45) is 29.1 Å². The van der Waals surface area contributed by atoms with Crippen LogP contribution in [-0.4, -0.2) is 51.1 Å². The number of carbonyl (C=O) groups is 1. The first-order valence-electron chi connectivity index (χ1n) is 9.50. The molecule has 4 aliphatic rings. The Bertz CT molecular complexity index is 634. The van der Waals surface area contributed by atoms with E-state index in [0.29, 0.717) is 30.4 Å². The van der Waals surface area contributed by atoms with Gasteiger partial charge in [-0.1, -0.05) is 26.8 Å². The van der Waals surface area contributed by atoms with E-state index in [4.69, 9.17) is 4.74 Å². The van der Waals surface area contributed by atoms with Crippen LogP contribution in [0.2, 0.25) is 0 Å². The Labute approximate surface area is 149 Å². The first-order valence-corrected chi connectivity index (χ1v) is 9.50. The first-order chi connectivity index (χ1) is 11.5. The quantitative estimate of drug-likeness (QED) is 0.575. The number of hydrogen-bond acceptors (Lipinski definition) is 5. The predicted molar refractivity (Wildman–Crippen MR) is 91.7 cm³/mol. The Kier molecular flexibility index (Phi) is 3.64. The van der Waals surface area contributed by atoms with Crippen LogP contribution < -0.4 is 0 Å². The van der Waals surface area contributed by atoms with Gasteiger partial charge in [-0.2, -0.15) is 0 Å². The van der Waals surface area contributed by atoms with Gasteiger partial charge in [-0.05, 0) is 54.9 Å². The number of aliphatic hydroxyl groups excluding tert-OH is 2. The van der Waals surface area contributed by atoms with Crippen molar-refractivity contribution in [3.63, 3.8) is 0 Å². The van der Waals surface area contributed by atoms with Crippen LogP contribution in [0.3, 0.4) is 0 Å². The number of ether oxygens (including phenoxy) is 1. The minimum Gasteiger partial charge on any atom is -0.392 e. The van der Waals surface area contributed by atoms with Crippen LogP contribution in [0.5, 0.6) is 0 Å². The Morgan fingerprint density at radius 2 is 1.92 bits per heavy atom. The standard InChI is InChI=1S/C20H30O5/c1-10-7-13-12(18(13,3)4)5-6-19(9-25-19)17(23)14-15(21)11(2)8-20(14,24)16(10)22/h7,11-15,17,21,23-24H,5-6,8-9H2,1-4H3/b10-7+/t11-,12+,13-,14-,15?,17?,19-,20?/m1/s1. The lowest BCUT2D eigenvalue weighted by Gasteiger charge is -2.36. The molecule has 0 amide bonds. The topological polar surface area (TPSA) is 90.3 Å². The molecule has 3 aliphatic carbocycles. The molecule has 1 heterocycles. The second-order valence-corrected chi connectivity index (χ2v) is 9.59. The minimum absolute atomic E-state index is 0.131. The minimum atomic E-state index is -1.73. The molecule has 1 spiro atoms. The molecule has 0 bridgehead atoms. The molecule has 5 nitrogen and oxygen atoms in total. The number of epoxide rings is 1. The van der Waals surface area contributed by atoms with E-state index < -0.39 is 29.3 Å². The summed E-state index contributed by atoms with van der Waals surface area (Å²) in [6, 6.07) is 0. The third kappa shape index (κ3) is 2.32. The summed E-state index contributed by atoms with van der Waals surface area (Å²) in [4.78, 5) is 13.1. The van der Waals surface area contributed by atoms with Crippen molar-refractivity contribution in [1.82, 2.24) is 0 Å². The summed E-state index contributed by atoms with van der Waals surface area (Å²) in [7, 11) is 0. The molecule has 0 aromatic rings. The molecular formula is C20H30O5. The number of fused-ring (bicyclic) bond motifs is 2. The van der Waals surface area contributed by atoms with Gasteiger partial charge in [-0.25, -0.2) is 0 Å². The van der Waals surface area contributed by atoms with Gasteiger partial charge in [0.25, 0.3) is 0 Å². The Morgan fingerprint density at radius 1 is 1.28 bits per heavy atom. The third-order valence-corrected chi connectivity index (χ3v) is 7.73. The van der Waals surface area contributed by atoms with E-state index in [1.165, 1.54) is 0 Å². The highest BCUT2D eigenvalue weighted by Gasteiger charge is 2.66. The number of Topliss-reactive ketones (excluding diaryl/α,β-unsaturated/α-hetero) is 1. The molecular weight excluding hydrogens is 320 g/mol. The van der Waals surface area contributed by atoms with E-state index in [1.54, 1.807) is 6.92 Å². The SMILES string of the molecule is C/C1=C\[C@@H]2[C@H](CC[C@@]3(CO3)C(O)[C@H]3C(O)[C@H](C)CC3(O)C1=O)C2(C)C. The average Bonchev–Trinajstić information content (AvgIpc) is 3.39. The van der Waals surface area contributed by atoms with Crippen molar-refractivity contribution in [2.75, 3.05) is 6.61 Å². The summed E-state index contributed by atoms with van der Waals surface area (Å²) in [6.45, 7) is 8.42. The van der Waals surface area contributed by atoms with Crippen molar-refractivity contribution in [1.29, 1.82) is 0 Å². The van der Waals surface area contributed by atoms with Crippen LogP contribution in [0.4, 0.5) is 0 Å². The van der Waals surface area contributed by atoms with Gasteiger partial charge >= 0.3 is 0 Å². The molecule has 4 rings (SSSR count). The Hall–Kier alpha value is -0.750. The average molecular weight is 350 g/mol. The van der Waals surface area contributed by atoms with E-state index in [9.17, 15) is 20.1 Å². The summed E-state index contributed by atoms with van der Waals surface area (Å²) in [5, 5.41) is 33.0. The van der Waals surface area contributed by atoms with Crippen LogP contribution >= 0.6 is 0 Å². The van der Waals surface area contributed by atoms with Crippen molar-refractivity contribution >= 4 is 5.78 Å². The molecule has 8 atom stereocenters. The van der Waals surface area contributed by atoms with Crippen molar-refractivity contribution in [3.8, 4) is 0 Å². The lowest BCUT2D eigenvalue weighted by Crippen LogP contribution is -2.54. The lowest BCUT2D eigenvalue weighted by atomic mass is 9.75. The van der Waals surface area contributed by atoms with Crippen LogP contribution in [0.15, 0.2) is 11.6 Å². The van der Waals surface area contributed by atoms with Crippen molar-refractivity contribution in [2.45, 2.75) is 70.4 Å². The maximum atomic E-state index is 13.1. The summed E-state index contributed by atoms with van der Waals surface area (Å²) >= 11 is 0. The number of hydrogen-bond donors (Lipinski definition) is 3. The fourth-order valence-electron chi connectivity index (χ4n) is 5.71. The lowest BCUT2D eigenvalue weighted by molar-refractivity contribution is -0.150. The number of ketones is 1. The second-order valence-electron chi connectivity index (χ2n) is 9.59.